The summed E-state index contributed by atoms with van der Waals surface area (Å²) in [5, 5.41) is 23.8. The number of hydrogen-bond donors (Lipinski definition) is 1. The lowest BCUT2D eigenvalue weighted by Gasteiger charge is -2.10. The number of amides is 1. The first kappa shape index (κ1) is 23.3. The van der Waals surface area contributed by atoms with E-state index in [1.807, 2.05) is 41.0 Å². The Balaban J connectivity index is 1.46. The minimum Gasteiger partial charge on any atom is -0.272 e. The average Bonchev–Trinajstić information content (AvgIpc) is 3.28. The van der Waals surface area contributed by atoms with E-state index in [9.17, 15) is 14.9 Å². The standard InChI is InChI=1S/C22H16BrN7O3S/c23-17-3-7-18(8-4-17)29-21(16-9-11-24-12-10-16)27-28-22(29)34-14-20(31)26-25-13-15-1-5-19(6-2-15)30(32)33/h1-13H,14H2,(H,26,31)/b25-13-. The highest BCUT2D eigenvalue weighted by atomic mass is 79.9. The van der Waals surface area contributed by atoms with Gasteiger partial charge in [-0.3, -0.25) is 24.5 Å². The van der Waals surface area contributed by atoms with Crippen LogP contribution in [0.2, 0.25) is 0 Å². The van der Waals surface area contributed by atoms with Crippen LogP contribution in [0.15, 0.2) is 87.8 Å². The number of nitrogens with one attached hydrogen (secondary N) is 1. The molecule has 0 aliphatic rings. The van der Waals surface area contributed by atoms with Crippen LogP contribution in [-0.4, -0.2) is 42.5 Å². The molecule has 0 spiro atoms. The number of nitro benzene ring substituents is 1. The highest BCUT2D eigenvalue weighted by Gasteiger charge is 2.17. The minimum absolute atomic E-state index is 0.0152. The lowest BCUT2D eigenvalue weighted by Crippen LogP contribution is -2.20. The number of thioether (sulfide) groups is 1. The van der Waals surface area contributed by atoms with E-state index in [4.69, 9.17) is 0 Å². The van der Waals surface area contributed by atoms with Gasteiger partial charge in [-0.2, -0.15) is 5.10 Å². The summed E-state index contributed by atoms with van der Waals surface area (Å²) in [5.74, 6) is 0.352. The summed E-state index contributed by atoms with van der Waals surface area (Å²) in [5.41, 5.74) is 4.74. The summed E-state index contributed by atoms with van der Waals surface area (Å²) >= 11 is 4.66. The van der Waals surface area contributed by atoms with Crippen molar-refractivity contribution in [3.8, 4) is 17.1 Å². The van der Waals surface area contributed by atoms with E-state index in [1.54, 1.807) is 24.5 Å². The molecule has 0 bridgehead atoms. The number of nitro groups is 1. The van der Waals surface area contributed by atoms with Crippen LogP contribution >= 0.6 is 27.7 Å². The molecule has 0 aliphatic heterocycles. The molecule has 0 unspecified atom stereocenters. The number of aromatic nitrogens is 4. The fourth-order valence-electron chi connectivity index (χ4n) is 2.90. The van der Waals surface area contributed by atoms with Crippen molar-refractivity contribution in [2.24, 2.45) is 5.10 Å². The van der Waals surface area contributed by atoms with E-state index >= 15 is 0 Å². The number of hydrazone groups is 1. The zero-order valence-corrected chi connectivity index (χ0v) is 19.8. The summed E-state index contributed by atoms with van der Waals surface area (Å²) in [6, 6.07) is 17.2. The third kappa shape index (κ3) is 5.71. The van der Waals surface area contributed by atoms with Crippen molar-refractivity contribution in [3.05, 3.63) is 93.2 Å². The molecule has 0 saturated heterocycles. The molecule has 1 amide bonds. The first-order valence-electron chi connectivity index (χ1n) is 9.82. The second-order valence-electron chi connectivity index (χ2n) is 6.78. The molecule has 0 fully saturated rings. The van der Waals surface area contributed by atoms with E-state index in [-0.39, 0.29) is 17.3 Å². The van der Waals surface area contributed by atoms with E-state index in [0.717, 1.165) is 15.7 Å². The normalized spacial score (nSPS) is 11.0. The molecule has 34 heavy (non-hydrogen) atoms. The van der Waals surface area contributed by atoms with Gasteiger partial charge in [-0.05, 0) is 54.1 Å². The van der Waals surface area contributed by atoms with Gasteiger partial charge in [-0.25, -0.2) is 5.43 Å². The van der Waals surface area contributed by atoms with Gasteiger partial charge < -0.3 is 0 Å². The second kappa shape index (κ2) is 10.8. The highest BCUT2D eigenvalue weighted by Crippen LogP contribution is 2.28. The van der Waals surface area contributed by atoms with Crippen molar-refractivity contribution in [2.45, 2.75) is 5.16 Å². The molecule has 170 valence electrons. The van der Waals surface area contributed by atoms with Crippen LogP contribution in [0.1, 0.15) is 5.56 Å². The van der Waals surface area contributed by atoms with Crippen LogP contribution in [0.4, 0.5) is 5.69 Å². The van der Waals surface area contributed by atoms with Gasteiger partial charge in [0, 0.05) is 40.2 Å². The summed E-state index contributed by atoms with van der Waals surface area (Å²) in [6.45, 7) is 0. The summed E-state index contributed by atoms with van der Waals surface area (Å²) < 4.78 is 2.81. The van der Waals surface area contributed by atoms with Gasteiger partial charge in [0.25, 0.3) is 11.6 Å². The van der Waals surface area contributed by atoms with Gasteiger partial charge in [0.05, 0.1) is 16.9 Å². The van der Waals surface area contributed by atoms with Crippen molar-refractivity contribution in [3.63, 3.8) is 0 Å². The number of non-ortho nitro benzene ring substituents is 1. The third-order valence-electron chi connectivity index (χ3n) is 4.50. The Morgan fingerprint density at radius 1 is 1.09 bits per heavy atom. The zero-order chi connectivity index (χ0) is 23.9. The summed E-state index contributed by atoms with van der Waals surface area (Å²) in [4.78, 5) is 26.6. The summed E-state index contributed by atoms with van der Waals surface area (Å²) in [6.07, 6.45) is 4.77. The number of nitrogens with zero attached hydrogens (tertiary/aromatic N) is 6. The number of hydrogen-bond acceptors (Lipinski definition) is 8. The molecule has 4 rings (SSSR count). The Morgan fingerprint density at radius 2 is 1.79 bits per heavy atom. The average molecular weight is 538 g/mol. The molecule has 0 saturated carbocycles. The number of carbonyl (C=O) groups excluding carboxylic acids is 1. The van der Waals surface area contributed by atoms with E-state index < -0.39 is 4.92 Å². The molecule has 1 N–H and O–H groups in total. The van der Waals surface area contributed by atoms with Crippen LogP contribution in [0.5, 0.6) is 0 Å². The Hall–Kier alpha value is -3.90. The van der Waals surface area contributed by atoms with Gasteiger partial charge in [0.2, 0.25) is 0 Å². The SMILES string of the molecule is O=C(CSc1nnc(-c2ccncc2)n1-c1ccc(Br)cc1)N/N=C\c1ccc([N+](=O)[O-])cc1. The van der Waals surface area contributed by atoms with Crippen molar-refractivity contribution < 1.29 is 9.72 Å². The molecule has 2 heterocycles. The van der Waals surface area contributed by atoms with Crippen LogP contribution in [0, 0.1) is 10.1 Å². The van der Waals surface area contributed by atoms with Crippen molar-refractivity contribution in [1.82, 2.24) is 25.2 Å². The van der Waals surface area contributed by atoms with E-state index in [1.165, 1.54) is 30.1 Å². The van der Waals surface area contributed by atoms with Crippen LogP contribution in [0.25, 0.3) is 17.1 Å². The van der Waals surface area contributed by atoms with Gasteiger partial charge >= 0.3 is 0 Å². The molecule has 2 aromatic heterocycles. The third-order valence-corrected chi connectivity index (χ3v) is 5.95. The van der Waals surface area contributed by atoms with Gasteiger partial charge in [0.1, 0.15) is 0 Å². The molecular weight excluding hydrogens is 522 g/mol. The molecule has 0 aliphatic carbocycles. The Labute approximate surface area is 206 Å². The molecule has 0 radical (unpaired) electrons. The van der Waals surface area contributed by atoms with Crippen molar-refractivity contribution in [1.29, 1.82) is 0 Å². The number of pyridine rings is 1. The molecule has 10 nitrogen and oxygen atoms in total. The maximum Gasteiger partial charge on any atom is 0.269 e. The number of benzene rings is 2. The first-order valence-corrected chi connectivity index (χ1v) is 11.6. The number of halogens is 1. The predicted octanol–water partition coefficient (Wildman–Crippen LogP) is 4.24. The lowest BCUT2D eigenvalue weighted by atomic mass is 10.2. The Morgan fingerprint density at radius 3 is 2.47 bits per heavy atom. The molecule has 12 heteroatoms. The molecule has 4 aromatic rings. The minimum atomic E-state index is -0.479. The van der Waals surface area contributed by atoms with E-state index in [2.05, 4.69) is 41.6 Å². The summed E-state index contributed by atoms with van der Waals surface area (Å²) in [7, 11) is 0. The quantitative estimate of drug-likeness (QED) is 0.154. The number of carbonyl (C=O) groups is 1. The fraction of sp³-hybridized carbons (Fsp3) is 0.0455. The number of rotatable bonds is 8. The zero-order valence-electron chi connectivity index (χ0n) is 17.4. The first-order chi connectivity index (χ1) is 16.5. The van der Waals surface area contributed by atoms with Crippen molar-refractivity contribution >= 4 is 45.5 Å². The van der Waals surface area contributed by atoms with Gasteiger partial charge in [-0.15, -0.1) is 10.2 Å². The lowest BCUT2D eigenvalue weighted by molar-refractivity contribution is -0.384. The van der Waals surface area contributed by atoms with Crippen molar-refractivity contribution in [2.75, 3.05) is 5.75 Å². The second-order valence-corrected chi connectivity index (χ2v) is 8.64. The molecule has 2 aromatic carbocycles. The smallest absolute Gasteiger partial charge is 0.269 e. The van der Waals surface area contributed by atoms with Crippen LogP contribution in [0.3, 0.4) is 0 Å². The van der Waals surface area contributed by atoms with E-state index in [0.29, 0.717) is 16.5 Å². The highest BCUT2D eigenvalue weighted by molar-refractivity contribution is 9.10. The Bertz CT molecular complexity index is 1330. The van der Waals surface area contributed by atoms with Gasteiger partial charge in [-0.1, -0.05) is 27.7 Å². The fourth-order valence-corrected chi connectivity index (χ4v) is 3.91. The molecular formula is C22H16BrN7O3S. The Kier molecular flexibility index (Phi) is 7.40. The maximum absolute atomic E-state index is 12.3. The van der Waals surface area contributed by atoms with Crippen LogP contribution in [-0.2, 0) is 4.79 Å². The topological polar surface area (TPSA) is 128 Å². The monoisotopic (exact) mass is 537 g/mol. The predicted molar refractivity (Wildman–Crippen MR) is 132 cm³/mol. The van der Waals surface area contributed by atoms with Gasteiger partial charge in [0.15, 0.2) is 11.0 Å². The largest absolute Gasteiger partial charge is 0.272 e. The molecule has 0 atom stereocenters. The van der Waals surface area contributed by atoms with Crippen LogP contribution < -0.4 is 5.43 Å². The maximum atomic E-state index is 12.3.